The van der Waals surface area contributed by atoms with Crippen LogP contribution in [-0.2, 0) is 6.54 Å². The van der Waals surface area contributed by atoms with E-state index < -0.39 is 0 Å². The second-order valence-electron chi connectivity index (χ2n) is 5.97. The van der Waals surface area contributed by atoms with E-state index in [1.54, 1.807) is 12.3 Å². The van der Waals surface area contributed by atoms with Gasteiger partial charge in [0, 0.05) is 11.8 Å². The van der Waals surface area contributed by atoms with Crippen LogP contribution in [0.15, 0.2) is 47.1 Å². The molecule has 2 heterocycles. The Morgan fingerprint density at radius 1 is 1.20 bits per heavy atom. The average Bonchev–Trinajstić information content (AvgIpc) is 2.84. The van der Waals surface area contributed by atoms with Crippen LogP contribution in [-0.4, -0.2) is 20.7 Å². The van der Waals surface area contributed by atoms with Gasteiger partial charge in [-0.3, -0.25) is 9.48 Å². The molecule has 0 bridgehead atoms. The molecule has 0 atom stereocenters. The Bertz CT molecular complexity index is 933. The van der Waals surface area contributed by atoms with Crippen molar-refractivity contribution >= 4 is 27.7 Å². The van der Waals surface area contributed by atoms with Crippen molar-refractivity contribution < 1.29 is 4.79 Å². The van der Waals surface area contributed by atoms with Gasteiger partial charge in [0.25, 0.3) is 5.91 Å². The molecule has 0 aliphatic heterocycles. The maximum Gasteiger partial charge on any atom is 0.256 e. The smallest absolute Gasteiger partial charge is 0.256 e. The second kappa shape index (κ2) is 7.19. The Hall–Kier alpha value is -2.47. The summed E-state index contributed by atoms with van der Waals surface area (Å²) in [4.78, 5) is 16.7. The number of rotatable bonds is 4. The largest absolute Gasteiger partial charge is 0.306 e. The lowest BCUT2D eigenvalue weighted by molar-refractivity contribution is 0.102. The SMILES string of the molecule is Cc1cccnc1NC(=O)c1cccc(Cn2nc(C)c(Br)c2C)c1. The third-order valence-corrected chi connectivity index (χ3v) is 5.20. The van der Waals surface area contributed by atoms with Crippen molar-refractivity contribution in [3.8, 4) is 0 Å². The summed E-state index contributed by atoms with van der Waals surface area (Å²) < 4.78 is 2.95. The number of nitrogens with zero attached hydrogens (tertiary/aromatic N) is 3. The Morgan fingerprint density at radius 2 is 2.00 bits per heavy atom. The molecule has 0 saturated heterocycles. The topological polar surface area (TPSA) is 59.8 Å². The summed E-state index contributed by atoms with van der Waals surface area (Å²) in [7, 11) is 0. The van der Waals surface area contributed by atoms with Gasteiger partial charge < -0.3 is 5.32 Å². The molecule has 2 aromatic heterocycles. The van der Waals surface area contributed by atoms with Crippen molar-refractivity contribution in [3.05, 3.63) is 75.1 Å². The highest BCUT2D eigenvalue weighted by Crippen LogP contribution is 2.21. The fourth-order valence-corrected chi connectivity index (χ4v) is 2.89. The number of nitrogens with one attached hydrogen (secondary N) is 1. The van der Waals surface area contributed by atoms with E-state index in [9.17, 15) is 4.79 Å². The molecule has 0 saturated carbocycles. The monoisotopic (exact) mass is 398 g/mol. The number of halogens is 1. The first-order valence-corrected chi connectivity index (χ1v) is 8.76. The Balaban J connectivity index is 1.80. The number of aromatic nitrogens is 3. The third-order valence-electron chi connectivity index (χ3n) is 4.06. The van der Waals surface area contributed by atoms with Crippen molar-refractivity contribution in [1.82, 2.24) is 14.8 Å². The molecule has 0 spiro atoms. The molecule has 5 nitrogen and oxygen atoms in total. The second-order valence-corrected chi connectivity index (χ2v) is 6.76. The summed E-state index contributed by atoms with van der Waals surface area (Å²) in [5, 5.41) is 7.38. The van der Waals surface area contributed by atoms with E-state index in [1.165, 1.54) is 0 Å². The average molecular weight is 399 g/mol. The highest BCUT2D eigenvalue weighted by Gasteiger charge is 2.12. The first-order chi connectivity index (χ1) is 12.0. The Kier molecular flexibility index (Phi) is 4.99. The molecule has 0 unspecified atom stereocenters. The molecule has 25 heavy (non-hydrogen) atoms. The van der Waals surface area contributed by atoms with Crippen LogP contribution in [0.1, 0.15) is 32.9 Å². The van der Waals surface area contributed by atoms with Crippen LogP contribution in [0, 0.1) is 20.8 Å². The Labute approximate surface area is 155 Å². The lowest BCUT2D eigenvalue weighted by Gasteiger charge is -2.09. The summed E-state index contributed by atoms with van der Waals surface area (Å²) >= 11 is 3.54. The van der Waals surface area contributed by atoms with Crippen molar-refractivity contribution in [3.63, 3.8) is 0 Å². The number of hydrogen-bond donors (Lipinski definition) is 1. The first-order valence-electron chi connectivity index (χ1n) is 7.97. The van der Waals surface area contributed by atoms with Gasteiger partial charge in [-0.05, 0) is 66.0 Å². The predicted octanol–water partition coefficient (Wildman–Crippen LogP) is 4.27. The highest BCUT2D eigenvalue weighted by atomic mass is 79.9. The van der Waals surface area contributed by atoms with Gasteiger partial charge in [0.15, 0.2) is 0 Å². The molecule has 0 aliphatic rings. The van der Waals surface area contributed by atoms with E-state index in [1.807, 2.05) is 55.8 Å². The van der Waals surface area contributed by atoms with Gasteiger partial charge >= 0.3 is 0 Å². The van der Waals surface area contributed by atoms with Gasteiger partial charge in [-0.2, -0.15) is 5.10 Å². The summed E-state index contributed by atoms with van der Waals surface area (Å²) in [5.41, 5.74) is 4.57. The van der Waals surface area contributed by atoms with Gasteiger partial charge in [-0.25, -0.2) is 4.98 Å². The summed E-state index contributed by atoms with van der Waals surface area (Å²) in [5.74, 6) is 0.415. The van der Waals surface area contributed by atoms with E-state index in [0.29, 0.717) is 17.9 Å². The number of anilines is 1. The van der Waals surface area contributed by atoms with Crippen LogP contribution in [0.4, 0.5) is 5.82 Å². The molecule has 3 aromatic rings. The van der Waals surface area contributed by atoms with Crippen LogP contribution in [0.2, 0.25) is 0 Å². The van der Waals surface area contributed by atoms with Crippen molar-refractivity contribution in [1.29, 1.82) is 0 Å². The van der Waals surface area contributed by atoms with Crippen LogP contribution >= 0.6 is 15.9 Å². The third kappa shape index (κ3) is 3.79. The van der Waals surface area contributed by atoms with Crippen molar-refractivity contribution in [2.24, 2.45) is 0 Å². The molecule has 3 rings (SSSR count). The zero-order chi connectivity index (χ0) is 18.0. The summed E-state index contributed by atoms with van der Waals surface area (Å²) in [6, 6.07) is 11.3. The van der Waals surface area contributed by atoms with Crippen LogP contribution in [0.3, 0.4) is 0 Å². The van der Waals surface area contributed by atoms with Crippen molar-refractivity contribution in [2.45, 2.75) is 27.3 Å². The van der Waals surface area contributed by atoms with Gasteiger partial charge in [0.2, 0.25) is 0 Å². The number of benzene rings is 1. The summed E-state index contributed by atoms with van der Waals surface area (Å²) in [6.07, 6.45) is 1.67. The summed E-state index contributed by atoms with van der Waals surface area (Å²) in [6.45, 7) is 6.51. The molecule has 6 heteroatoms. The molecule has 0 radical (unpaired) electrons. The normalized spacial score (nSPS) is 10.7. The van der Waals surface area contributed by atoms with Gasteiger partial charge in [-0.15, -0.1) is 0 Å². The highest BCUT2D eigenvalue weighted by molar-refractivity contribution is 9.10. The maximum atomic E-state index is 12.5. The zero-order valence-corrected chi connectivity index (χ0v) is 16.0. The quantitative estimate of drug-likeness (QED) is 0.713. The van der Waals surface area contributed by atoms with Gasteiger partial charge in [0.05, 0.1) is 22.4 Å². The van der Waals surface area contributed by atoms with E-state index >= 15 is 0 Å². The van der Waals surface area contributed by atoms with E-state index in [2.05, 4.69) is 31.3 Å². The molecule has 1 aromatic carbocycles. The molecule has 1 N–H and O–H groups in total. The van der Waals surface area contributed by atoms with Crippen LogP contribution in [0.25, 0.3) is 0 Å². The molecular formula is C19H19BrN4O. The number of hydrogen-bond acceptors (Lipinski definition) is 3. The first kappa shape index (κ1) is 17.4. The number of carbonyl (C=O) groups excluding carboxylic acids is 1. The fraction of sp³-hybridized carbons (Fsp3) is 0.211. The fourth-order valence-electron chi connectivity index (χ4n) is 2.61. The van der Waals surface area contributed by atoms with Gasteiger partial charge in [0.1, 0.15) is 5.82 Å². The van der Waals surface area contributed by atoms with E-state index in [4.69, 9.17) is 0 Å². The standard InChI is InChI=1S/C19H19BrN4O/c1-12-6-5-9-21-18(12)22-19(25)16-8-4-7-15(10-16)11-24-14(3)17(20)13(2)23-24/h4-10H,11H2,1-3H3,(H,21,22,25). The molecule has 1 amide bonds. The lowest BCUT2D eigenvalue weighted by Crippen LogP contribution is -2.14. The molecule has 128 valence electrons. The number of aryl methyl sites for hydroxylation is 2. The zero-order valence-electron chi connectivity index (χ0n) is 14.4. The van der Waals surface area contributed by atoms with Crippen LogP contribution < -0.4 is 5.32 Å². The lowest BCUT2D eigenvalue weighted by atomic mass is 10.1. The van der Waals surface area contributed by atoms with Gasteiger partial charge in [-0.1, -0.05) is 18.2 Å². The van der Waals surface area contributed by atoms with E-state index in [-0.39, 0.29) is 5.91 Å². The van der Waals surface area contributed by atoms with E-state index in [0.717, 1.165) is 27.0 Å². The molecular weight excluding hydrogens is 380 g/mol. The maximum absolute atomic E-state index is 12.5. The minimum atomic E-state index is -0.168. The minimum absolute atomic E-state index is 0.168. The molecule has 0 fully saturated rings. The minimum Gasteiger partial charge on any atom is -0.306 e. The Morgan fingerprint density at radius 3 is 2.68 bits per heavy atom. The predicted molar refractivity (Wildman–Crippen MR) is 102 cm³/mol. The van der Waals surface area contributed by atoms with Crippen molar-refractivity contribution in [2.75, 3.05) is 5.32 Å². The van der Waals surface area contributed by atoms with Crippen LogP contribution in [0.5, 0.6) is 0 Å². The molecule has 0 aliphatic carbocycles. The number of pyridine rings is 1. The number of carbonyl (C=O) groups is 1. The number of amides is 1.